The zero-order valence-electron chi connectivity index (χ0n) is 17.0. The number of carbonyl (C=O) groups excluding carboxylic acids is 1. The highest BCUT2D eigenvalue weighted by Gasteiger charge is 2.17. The van der Waals surface area contributed by atoms with E-state index in [9.17, 15) is 13.2 Å². The Kier molecular flexibility index (Phi) is 5.43. The van der Waals surface area contributed by atoms with Gasteiger partial charge in [-0.25, -0.2) is 13.1 Å². The minimum absolute atomic E-state index is 0.00528. The monoisotopic (exact) mass is 435 g/mol. The van der Waals surface area contributed by atoms with Gasteiger partial charge in [-0.05, 0) is 61.4 Å². The van der Waals surface area contributed by atoms with Gasteiger partial charge in [0, 0.05) is 5.69 Å². The van der Waals surface area contributed by atoms with Gasteiger partial charge in [0.25, 0.3) is 10.0 Å². The van der Waals surface area contributed by atoms with Crippen LogP contribution in [0.3, 0.4) is 0 Å². The van der Waals surface area contributed by atoms with Crippen LogP contribution in [0.25, 0.3) is 11.0 Å². The minimum atomic E-state index is -3.75. The molecule has 0 fully saturated rings. The molecule has 4 rings (SSSR count). The van der Waals surface area contributed by atoms with Crippen molar-refractivity contribution in [2.45, 2.75) is 25.3 Å². The van der Waals surface area contributed by atoms with Gasteiger partial charge in [0.1, 0.15) is 12.1 Å². The summed E-state index contributed by atoms with van der Waals surface area (Å²) >= 11 is 0. The zero-order valence-corrected chi connectivity index (χ0v) is 17.8. The summed E-state index contributed by atoms with van der Waals surface area (Å²) in [7, 11) is -3.75. The predicted octanol–water partition coefficient (Wildman–Crippen LogP) is 3.49. The van der Waals surface area contributed by atoms with Gasteiger partial charge in [-0.3, -0.25) is 9.52 Å². The number of sulfonamides is 1. The number of nitrogens with zero attached hydrogens (tertiary/aromatic N) is 3. The number of hydrogen-bond acceptors (Lipinski definition) is 5. The number of hydrogen-bond donors (Lipinski definition) is 2. The first-order chi connectivity index (χ1) is 14.8. The molecule has 9 heteroatoms. The van der Waals surface area contributed by atoms with E-state index in [4.69, 9.17) is 0 Å². The Morgan fingerprint density at radius 2 is 1.61 bits per heavy atom. The van der Waals surface area contributed by atoms with Crippen LogP contribution in [-0.2, 0) is 21.4 Å². The number of nitrogens with one attached hydrogen (secondary N) is 2. The third kappa shape index (κ3) is 4.41. The molecule has 0 atom stereocenters. The van der Waals surface area contributed by atoms with Crippen LogP contribution < -0.4 is 10.0 Å². The lowest BCUT2D eigenvalue weighted by Crippen LogP contribution is -2.19. The van der Waals surface area contributed by atoms with Gasteiger partial charge in [0.05, 0.1) is 16.1 Å². The van der Waals surface area contributed by atoms with E-state index in [0.29, 0.717) is 16.9 Å². The molecule has 0 radical (unpaired) electrons. The summed E-state index contributed by atoms with van der Waals surface area (Å²) in [5.74, 6) is -0.292. The Morgan fingerprint density at radius 1 is 0.935 bits per heavy atom. The van der Waals surface area contributed by atoms with Crippen LogP contribution in [-0.4, -0.2) is 29.3 Å². The molecule has 0 spiro atoms. The fourth-order valence-electron chi connectivity index (χ4n) is 3.26. The van der Waals surface area contributed by atoms with E-state index in [2.05, 4.69) is 20.4 Å². The maximum atomic E-state index is 12.8. The van der Waals surface area contributed by atoms with Crippen LogP contribution in [0, 0.1) is 13.8 Å². The number of para-hydroxylation sites is 2. The van der Waals surface area contributed by atoms with E-state index >= 15 is 0 Å². The first kappa shape index (κ1) is 20.5. The lowest BCUT2D eigenvalue weighted by molar-refractivity contribution is -0.116. The van der Waals surface area contributed by atoms with E-state index in [1.54, 1.807) is 12.1 Å². The summed E-state index contributed by atoms with van der Waals surface area (Å²) in [6, 6.07) is 19.0. The molecule has 2 N–H and O–H groups in total. The second-order valence-corrected chi connectivity index (χ2v) is 8.86. The number of anilines is 2. The minimum Gasteiger partial charge on any atom is -0.324 e. The second-order valence-electron chi connectivity index (χ2n) is 7.18. The summed E-state index contributed by atoms with van der Waals surface area (Å²) < 4.78 is 29.7. The van der Waals surface area contributed by atoms with Gasteiger partial charge in [0.15, 0.2) is 0 Å². The number of rotatable bonds is 6. The van der Waals surface area contributed by atoms with E-state index in [0.717, 1.165) is 16.6 Å². The topological polar surface area (TPSA) is 106 Å². The Balaban J connectivity index is 1.45. The molecule has 158 valence electrons. The Labute approximate surface area is 180 Å². The van der Waals surface area contributed by atoms with Crippen LogP contribution >= 0.6 is 0 Å². The van der Waals surface area contributed by atoms with Crippen molar-refractivity contribution >= 4 is 38.3 Å². The number of carbonyl (C=O) groups is 1. The molecule has 1 aromatic heterocycles. The Morgan fingerprint density at radius 3 is 2.32 bits per heavy atom. The molecule has 0 bridgehead atoms. The van der Waals surface area contributed by atoms with Crippen molar-refractivity contribution in [3.05, 3.63) is 77.9 Å². The van der Waals surface area contributed by atoms with Crippen molar-refractivity contribution in [3.63, 3.8) is 0 Å². The highest BCUT2D eigenvalue weighted by atomic mass is 32.2. The Hall–Kier alpha value is -3.72. The van der Waals surface area contributed by atoms with E-state index < -0.39 is 10.0 Å². The fourth-order valence-corrected chi connectivity index (χ4v) is 4.46. The van der Waals surface area contributed by atoms with Gasteiger partial charge >= 0.3 is 0 Å². The molecule has 3 aromatic carbocycles. The molecular formula is C22H21N5O3S. The molecule has 1 amide bonds. The summed E-state index contributed by atoms with van der Waals surface area (Å²) in [5.41, 5.74) is 4.21. The molecule has 0 saturated carbocycles. The largest absolute Gasteiger partial charge is 0.324 e. The maximum absolute atomic E-state index is 12.8. The number of amides is 1. The molecule has 31 heavy (non-hydrogen) atoms. The van der Waals surface area contributed by atoms with Gasteiger partial charge in [-0.15, -0.1) is 5.10 Å². The predicted molar refractivity (Wildman–Crippen MR) is 119 cm³/mol. The Bertz CT molecular complexity index is 1340. The van der Waals surface area contributed by atoms with Crippen molar-refractivity contribution < 1.29 is 13.2 Å². The zero-order chi connectivity index (χ0) is 22.0. The molecule has 8 nitrogen and oxygen atoms in total. The van der Waals surface area contributed by atoms with Crippen molar-refractivity contribution in [1.82, 2.24) is 15.0 Å². The lowest BCUT2D eigenvalue weighted by Gasteiger charge is -2.13. The molecule has 0 saturated heterocycles. The van der Waals surface area contributed by atoms with Gasteiger partial charge in [0.2, 0.25) is 5.91 Å². The standard InChI is InChI=1S/C22H21N5O3S/c1-15-6-5-7-16(2)22(15)25-31(29,30)18-12-10-17(11-13-18)23-21(28)14-27-20-9-4-3-8-19(20)24-26-27/h3-13,25H,14H2,1-2H3,(H,23,28). The third-order valence-electron chi connectivity index (χ3n) is 4.88. The molecule has 4 aromatic rings. The highest BCUT2D eigenvalue weighted by molar-refractivity contribution is 7.92. The van der Waals surface area contributed by atoms with E-state index in [-0.39, 0.29) is 17.3 Å². The van der Waals surface area contributed by atoms with Crippen molar-refractivity contribution in [2.24, 2.45) is 0 Å². The van der Waals surface area contributed by atoms with Gasteiger partial charge < -0.3 is 5.32 Å². The molecule has 0 aliphatic rings. The number of aromatic nitrogens is 3. The van der Waals surface area contributed by atoms with Crippen molar-refractivity contribution in [1.29, 1.82) is 0 Å². The smallest absolute Gasteiger partial charge is 0.261 e. The first-order valence-corrected chi connectivity index (χ1v) is 11.1. The maximum Gasteiger partial charge on any atom is 0.261 e. The van der Waals surface area contributed by atoms with Crippen LogP contribution in [0.4, 0.5) is 11.4 Å². The normalized spacial score (nSPS) is 11.4. The number of benzene rings is 3. The molecule has 0 aliphatic heterocycles. The van der Waals surface area contributed by atoms with Crippen LogP contribution in [0.2, 0.25) is 0 Å². The third-order valence-corrected chi connectivity index (χ3v) is 6.25. The summed E-state index contributed by atoms with van der Waals surface area (Å²) in [5, 5.41) is 10.8. The highest BCUT2D eigenvalue weighted by Crippen LogP contribution is 2.24. The van der Waals surface area contributed by atoms with Crippen LogP contribution in [0.1, 0.15) is 11.1 Å². The quantitative estimate of drug-likeness (QED) is 0.482. The fraction of sp³-hybridized carbons (Fsp3) is 0.136. The molecule has 1 heterocycles. The summed E-state index contributed by atoms with van der Waals surface area (Å²) in [4.78, 5) is 12.5. The number of aryl methyl sites for hydroxylation is 2. The molecular weight excluding hydrogens is 414 g/mol. The average molecular weight is 436 g/mol. The van der Waals surface area contributed by atoms with Crippen LogP contribution in [0.15, 0.2) is 71.6 Å². The van der Waals surface area contributed by atoms with Crippen molar-refractivity contribution in [3.8, 4) is 0 Å². The van der Waals surface area contributed by atoms with Crippen molar-refractivity contribution in [2.75, 3.05) is 10.0 Å². The van der Waals surface area contributed by atoms with Crippen LogP contribution in [0.5, 0.6) is 0 Å². The van der Waals surface area contributed by atoms with E-state index in [1.165, 1.54) is 16.8 Å². The molecule has 0 aliphatic carbocycles. The lowest BCUT2D eigenvalue weighted by atomic mass is 10.1. The van der Waals surface area contributed by atoms with Gasteiger partial charge in [-0.2, -0.15) is 0 Å². The van der Waals surface area contributed by atoms with E-state index in [1.807, 2.05) is 56.3 Å². The summed E-state index contributed by atoms with van der Waals surface area (Å²) in [6.45, 7) is 3.69. The first-order valence-electron chi connectivity index (χ1n) is 9.61. The summed E-state index contributed by atoms with van der Waals surface area (Å²) in [6.07, 6.45) is 0. The molecule has 0 unspecified atom stereocenters. The number of fused-ring (bicyclic) bond motifs is 1. The SMILES string of the molecule is Cc1cccc(C)c1NS(=O)(=O)c1ccc(NC(=O)Cn2nnc3ccccc32)cc1. The van der Waals surface area contributed by atoms with Gasteiger partial charge in [-0.1, -0.05) is 35.5 Å². The average Bonchev–Trinajstić information content (AvgIpc) is 3.14. The second kappa shape index (κ2) is 8.19.